The van der Waals surface area contributed by atoms with Crippen LogP contribution in [-0.4, -0.2) is 6.61 Å². The van der Waals surface area contributed by atoms with E-state index in [2.05, 4.69) is 54.6 Å². The van der Waals surface area contributed by atoms with Crippen LogP contribution in [0.1, 0.15) is 37.7 Å². The zero-order chi connectivity index (χ0) is 18.5. The molecule has 0 radical (unpaired) electrons. The number of hydrogen-bond donors (Lipinski definition) is 0. The Hall–Kier alpha value is -2.79. The Kier molecular flexibility index (Phi) is 5.39. The second kappa shape index (κ2) is 8.27. The molecule has 0 spiro atoms. The summed E-state index contributed by atoms with van der Waals surface area (Å²) in [6, 6.07) is 23.4. The molecule has 27 heavy (non-hydrogen) atoms. The average Bonchev–Trinajstić information content (AvgIpc) is 2.73. The summed E-state index contributed by atoms with van der Waals surface area (Å²) in [5.41, 5.74) is 3.27. The molecule has 0 bridgehead atoms. The summed E-state index contributed by atoms with van der Waals surface area (Å²) >= 11 is 0. The Morgan fingerprint density at radius 3 is 2.52 bits per heavy atom. The smallest absolute Gasteiger partial charge is 0.127 e. The number of ether oxygens (including phenoxy) is 1. The lowest BCUT2D eigenvalue weighted by Gasteiger charge is -2.22. The molecular formula is C25H25NO. The van der Waals surface area contributed by atoms with E-state index >= 15 is 0 Å². The van der Waals surface area contributed by atoms with E-state index in [1.807, 2.05) is 12.1 Å². The van der Waals surface area contributed by atoms with Gasteiger partial charge >= 0.3 is 0 Å². The Labute approximate surface area is 161 Å². The number of nitrogens with zero attached hydrogens (tertiary/aromatic N) is 1. The Bertz CT molecular complexity index is 963. The van der Waals surface area contributed by atoms with Crippen LogP contribution in [0.2, 0.25) is 0 Å². The molecule has 4 rings (SSSR count). The molecule has 2 nitrogen and oxygen atoms in total. The van der Waals surface area contributed by atoms with E-state index in [9.17, 15) is 0 Å². The molecule has 0 amide bonds. The summed E-state index contributed by atoms with van der Waals surface area (Å²) in [4.78, 5) is 0. The van der Waals surface area contributed by atoms with Crippen LogP contribution in [-0.2, 0) is 6.42 Å². The van der Waals surface area contributed by atoms with Crippen LogP contribution < -0.4 is 4.74 Å². The second-order valence-electron chi connectivity index (χ2n) is 7.54. The Balaban J connectivity index is 1.66. The van der Waals surface area contributed by atoms with Gasteiger partial charge in [0, 0.05) is 5.56 Å². The van der Waals surface area contributed by atoms with Crippen molar-refractivity contribution in [2.24, 2.45) is 5.92 Å². The molecule has 1 saturated carbocycles. The van der Waals surface area contributed by atoms with Crippen molar-refractivity contribution >= 4 is 10.8 Å². The van der Waals surface area contributed by atoms with Gasteiger partial charge in [-0.15, -0.1) is 0 Å². The summed E-state index contributed by atoms with van der Waals surface area (Å²) in [6.07, 6.45) is 6.99. The van der Waals surface area contributed by atoms with Crippen molar-refractivity contribution in [2.45, 2.75) is 38.5 Å². The van der Waals surface area contributed by atoms with Crippen LogP contribution in [0.3, 0.4) is 0 Å². The van der Waals surface area contributed by atoms with Gasteiger partial charge in [0.2, 0.25) is 0 Å². The van der Waals surface area contributed by atoms with Gasteiger partial charge in [-0.2, -0.15) is 5.26 Å². The molecule has 2 heteroatoms. The molecule has 136 valence electrons. The van der Waals surface area contributed by atoms with Crippen molar-refractivity contribution in [3.63, 3.8) is 0 Å². The van der Waals surface area contributed by atoms with Gasteiger partial charge in [0.05, 0.1) is 19.1 Å². The minimum atomic E-state index is 0.420. The van der Waals surface area contributed by atoms with Crippen molar-refractivity contribution < 1.29 is 4.74 Å². The highest BCUT2D eigenvalue weighted by Gasteiger charge is 2.16. The normalized spacial score (nSPS) is 14.8. The minimum absolute atomic E-state index is 0.420. The lowest BCUT2D eigenvalue weighted by atomic mass is 9.90. The fraction of sp³-hybridized carbons (Fsp3) is 0.320. The lowest BCUT2D eigenvalue weighted by molar-refractivity contribution is 0.209. The van der Waals surface area contributed by atoms with Crippen molar-refractivity contribution in [1.82, 2.24) is 0 Å². The third-order valence-electron chi connectivity index (χ3n) is 5.59. The third kappa shape index (κ3) is 4.14. The summed E-state index contributed by atoms with van der Waals surface area (Å²) in [5, 5.41) is 11.5. The van der Waals surface area contributed by atoms with E-state index in [4.69, 9.17) is 10.00 Å². The molecule has 1 fully saturated rings. The van der Waals surface area contributed by atoms with Crippen LogP contribution in [0.25, 0.3) is 21.9 Å². The monoisotopic (exact) mass is 355 g/mol. The van der Waals surface area contributed by atoms with E-state index in [1.165, 1.54) is 42.9 Å². The summed E-state index contributed by atoms with van der Waals surface area (Å²) in [5.74, 6) is 1.60. The first kappa shape index (κ1) is 17.6. The van der Waals surface area contributed by atoms with Crippen LogP contribution in [0.4, 0.5) is 0 Å². The van der Waals surface area contributed by atoms with E-state index < -0.39 is 0 Å². The third-order valence-corrected chi connectivity index (χ3v) is 5.59. The fourth-order valence-corrected chi connectivity index (χ4v) is 4.05. The van der Waals surface area contributed by atoms with E-state index in [0.29, 0.717) is 12.3 Å². The summed E-state index contributed by atoms with van der Waals surface area (Å²) in [7, 11) is 0. The molecule has 3 aromatic rings. The topological polar surface area (TPSA) is 33.0 Å². The minimum Gasteiger partial charge on any atom is -0.493 e. The zero-order valence-electron chi connectivity index (χ0n) is 15.7. The number of benzene rings is 3. The molecule has 0 aliphatic heterocycles. The number of hydrogen-bond acceptors (Lipinski definition) is 2. The lowest BCUT2D eigenvalue weighted by Crippen LogP contribution is -2.15. The van der Waals surface area contributed by atoms with Crippen LogP contribution in [0.15, 0.2) is 60.7 Å². The maximum absolute atomic E-state index is 9.08. The second-order valence-corrected chi connectivity index (χ2v) is 7.54. The van der Waals surface area contributed by atoms with Crippen molar-refractivity contribution in [3.05, 3.63) is 66.2 Å². The van der Waals surface area contributed by atoms with Gasteiger partial charge in [-0.05, 0) is 58.9 Å². The van der Waals surface area contributed by atoms with Crippen molar-refractivity contribution in [2.75, 3.05) is 6.61 Å². The molecule has 0 unspecified atom stereocenters. The first-order chi connectivity index (χ1) is 13.3. The molecule has 0 saturated heterocycles. The zero-order valence-corrected chi connectivity index (χ0v) is 15.7. The standard InChI is InChI=1S/C25H25NO/c26-15-14-19-10-13-25(27-18-20-6-2-1-3-7-20)24(16-19)23-12-11-21-8-4-5-9-22(21)17-23/h4-5,8-13,16-17,20H,1-3,6-7,14,18H2. The summed E-state index contributed by atoms with van der Waals surface area (Å²) in [6.45, 7) is 0.790. The van der Waals surface area contributed by atoms with Gasteiger partial charge in [-0.1, -0.05) is 61.7 Å². The molecule has 1 aliphatic carbocycles. The molecule has 0 heterocycles. The van der Waals surface area contributed by atoms with E-state index in [1.54, 1.807) is 0 Å². The molecule has 0 N–H and O–H groups in total. The Morgan fingerprint density at radius 1 is 0.889 bits per heavy atom. The number of rotatable bonds is 5. The molecule has 0 aromatic heterocycles. The van der Waals surface area contributed by atoms with Crippen LogP contribution in [0, 0.1) is 17.2 Å². The predicted molar refractivity (Wildman–Crippen MR) is 111 cm³/mol. The highest BCUT2D eigenvalue weighted by Crippen LogP contribution is 2.34. The van der Waals surface area contributed by atoms with Gasteiger partial charge in [0.15, 0.2) is 0 Å². The van der Waals surface area contributed by atoms with Gasteiger partial charge in [-0.3, -0.25) is 0 Å². The number of fused-ring (bicyclic) bond motifs is 1. The quantitative estimate of drug-likeness (QED) is 0.521. The van der Waals surface area contributed by atoms with Gasteiger partial charge < -0.3 is 4.74 Å². The first-order valence-electron chi connectivity index (χ1n) is 9.95. The molecule has 0 atom stereocenters. The van der Waals surface area contributed by atoms with Crippen molar-refractivity contribution in [3.8, 4) is 22.9 Å². The van der Waals surface area contributed by atoms with Gasteiger partial charge in [-0.25, -0.2) is 0 Å². The molecular weight excluding hydrogens is 330 g/mol. The highest BCUT2D eigenvalue weighted by molar-refractivity contribution is 5.88. The van der Waals surface area contributed by atoms with Gasteiger partial charge in [0.25, 0.3) is 0 Å². The van der Waals surface area contributed by atoms with Gasteiger partial charge in [0.1, 0.15) is 5.75 Å². The largest absolute Gasteiger partial charge is 0.493 e. The van der Waals surface area contributed by atoms with Crippen LogP contribution in [0.5, 0.6) is 5.75 Å². The summed E-state index contributed by atoms with van der Waals surface area (Å²) < 4.78 is 6.29. The van der Waals surface area contributed by atoms with E-state index in [-0.39, 0.29) is 0 Å². The number of nitriles is 1. The maximum atomic E-state index is 9.08. The molecule has 1 aliphatic rings. The van der Waals surface area contributed by atoms with Crippen molar-refractivity contribution in [1.29, 1.82) is 5.26 Å². The maximum Gasteiger partial charge on any atom is 0.127 e. The average molecular weight is 355 g/mol. The Morgan fingerprint density at radius 2 is 1.70 bits per heavy atom. The first-order valence-corrected chi connectivity index (χ1v) is 9.95. The SMILES string of the molecule is N#CCc1ccc(OCC2CCCCC2)c(-c2ccc3ccccc3c2)c1. The van der Waals surface area contributed by atoms with Crippen LogP contribution >= 0.6 is 0 Å². The fourth-order valence-electron chi connectivity index (χ4n) is 4.05. The highest BCUT2D eigenvalue weighted by atomic mass is 16.5. The predicted octanol–water partition coefficient (Wildman–Crippen LogP) is 6.53. The molecule has 3 aromatic carbocycles. The van der Waals surface area contributed by atoms with E-state index in [0.717, 1.165) is 29.0 Å².